The lowest BCUT2D eigenvalue weighted by atomic mass is 10.00. The Morgan fingerprint density at radius 3 is 2.85 bits per heavy atom. The molecule has 6 heteroatoms. The Morgan fingerprint density at radius 1 is 1.35 bits per heavy atom. The highest BCUT2D eigenvalue weighted by atomic mass is 16.2. The number of hydrogen-bond acceptors (Lipinski definition) is 4. The molecular formula is C20H23N5O. The predicted octanol–water partition coefficient (Wildman–Crippen LogP) is 3.68. The van der Waals surface area contributed by atoms with E-state index in [9.17, 15) is 10.1 Å². The first-order valence-electron chi connectivity index (χ1n) is 8.87. The number of benzene rings is 1. The first kappa shape index (κ1) is 17.9. The third-order valence-corrected chi connectivity index (χ3v) is 4.66. The van der Waals surface area contributed by atoms with E-state index in [4.69, 9.17) is 0 Å². The van der Waals surface area contributed by atoms with Crippen LogP contribution in [0, 0.1) is 17.2 Å². The quantitative estimate of drug-likeness (QED) is 0.914. The Hall–Kier alpha value is -2.91. The normalized spacial score (nSPS) is 15.2. The summed E-state index contributed by atoms with van der Waals surface area (Å²) in [7, 11) is 0. The lowest BCUT2D eigenvalue weighted by molar-refractivity contribution is 0.191. The molecule has 0 saturated carbocycles. The number of carbonyl (C=O) groups excluding carboxylic acids is 1. The van der Waals surface area contributed by atoms with E-state index in [2.05, 4.69) is 28.2 Å². The summed E-state index contributed by atoms with van der Waals surface area (Å²) in [5.41, 5.74) is 1.89. The topological polar surface area (TPSA) is 72.3 Å². The molecule has 0 aliphatic carbocycles. The maximum atomic E-state index is 12.9. The zero-order valence-corrected chi connectivity index (χ0v) is 14.9. The number of likely N-dealkylation sites (tertiary alicyclic amines) is 1. The molecule has 1 saturated heterocycles. The number of carbonyl (C=O) groups is 1. The molecular weight excluding hydrogens is 326 g/mol. The molecule has 0 spiro atoms. The van der Waals surface area contributed by atoms with E-state index in [1.165, 1.54) is 0 Å². The van der Waals surface area contributed by atoms with Crippen LogP contribution in [0.25, 0.3) is 0 Å². The van der Waals surface area contributed by atoms with Crippen LogP contribution < -0.4 is 10.2 Å². The van der Waals surface area contributed by atoms with Crippen LogP contribution in [-0.4, -0.2) is 35.7 Å². The smallest absolute Gasteiger partial charge is 0.306 e. The molecule has 1 N–H and O–H groups in total. The number of urea groups is 1. The van der Waals surface area contributed by atoms with Crippen LogP contribution in [-0.2, 0) is 0 Å². The van der Waals surface area contributed by atoms with Gasteiger partial charge in [0.2, 0.25) is 0 Å². The van der Waals surface area contributed by atoms with Crippen LogP contribution in [0.1, 0.15) is 25.3 Å². The van der Waals surface area contributed by atoms with Gasteiger partial charge in [0.05, 0.1) is 30.2 Å². The van der Waals surface area contributed by atoms with Crippen molar-refractivity contribution in [3.8, 4) is 6.07 Å². The summed E-state index contributed by atoms with van der Waals surface area (Å²) in [5, 5.41) is 12.1. The van der Waals surface area contributed by atoms with Crippen molar-refractivity contribution in [3.63, 3.8) is 0 Å². The van der Waals surface area contributed by atoms with E-state index in [0.717, 1.165) is 31.8 Å². The second-order valence-electron chi connectivity index (χ2n) is 6.70. The number of nitrogens with zero attached hydrogens (tertiary/aromatic N) is 4. The minimum Gasteiger partial charge on any atom is -0.306 e. The maximum Gasteiger partial charge on any atom is 0.327 e. The van der Waals surface area contributed by atoms with Crippen molar-refractivity contribution in [3.05, 3.63) is 54.4 Å². The molecule has 0 bridgehead atoms. The predicted molar refractivity (Wildman–Crippen MR) is 102 cm³/mol. The molecule has 1 aromatic carbocycles. The van der Waals surface area contributed by atoms with Crippen molar-refractivity contribution >= 4 is 17.4 Å². The molecule has 2 heterocycles. The van der Waals surface area contributed by atoms with E-state index in [1.807, 2.05) is 6.07 Å². The molecule has 1 fully saturated rings. The second-order valence-corrected chi connectivity index (χ2v) is 6.70. The Balaban J connectivity index is 1.80. The summed E-state index contributed by atoms with van der Waals surface area (Å²) >= 11 is 0. The van der Waals surface area contributed by atoms with Gasteiger partial charge in [0.1, 0.15) is 0 Å². The minimum atomic E-state index is -0.230. The van der Waals surface area contributed by atoms with Crippen molar-refractivity contribution in [1.82, 2.24) is 9.88 Å². The summed E-state index contributed by atoms with van der Waals surface area (Å²) in [5.74, 6) is 0.728. The van der Waals surface area contributed by atoms with Crippen LogP contribution in [0.5, 0.6) is 0 Å². The molecule has 1 aliphatic rings. The molecule has 0 unspecified atom stereocenters. The largest absolute Gasteiger partial charge is 0.327 e. The first-order chi connectivity index (χ1) is 12.7. The summed E-state index contributed by atoms with van der Waals surface area (Å²) in [4.78, 5) is 20.9. The van der Waals surface area contributed by atoms with Gasteiger partial charge in [-0.15, -0.1) is 0 Å². The van der Waals surface area contributed by atoms with E-state index < -0.39 is 0 Å². The monoisotopic (exact) mass is 349 g/mol. The average molecular weight is 349 g/mol. The molecule has 26 heavy (non-hydrogen) atoms. The molecule has 6 nitrogen and oxygen atoms in total. The van der Waals surface area contributed by atoms with Gasteiger partial charge >= 0.3 is 6.03 Å². The number of anilines is 2. The third-order valence-electron chi connectivity index (χ3n) is 4.66. The molecule has 1 aliphatic heterocycles. The standard InChI is InChI=1S/C20H23N5O/c1-16-7-10-24(11-8-16)15-25(19-6-2-4-17(12-19)13-21)20(26)23-18-5-3-9-22-14-18/h2-6,9,12,14,16H,7-8,10-11,15H2,1H3,(H,23,26). The molecule has 2 aromatic rings. The lowest BCUT2D eigenvalue weighted by Crippen LogP contribution is -2.46. The summed E-state index contributed by atoms with van der Waals surface area (Å²) in [6.45, 7) is 4.69. The Morgan fingerprint density at radius 2 is 2.15 bits per heavy atom. The van der Waals surface area contributed by atoms with Crippen LogP contribution in [0.4, 0.5) is 16.2 Å². The Labute approximate surface area is 154 Å². The summed E-state index contributed by atoms with van der Waals surface area (Å²) < 4.78 is 0. The van der Waals surface area contributed by atoms with Gasteiger partial charge in [0, 0.05) is 25.0 Å². The maximum absolute atomic E-state index is 12.9. The minimum absolute atomic E-state index is 0.230. The number of amides is 2. The lowest BCUT2D eigenvalue weighted by Gasteiger charge is -2.34. The van der Waals surface area contributed by atoms with E-state index >= 15 is 0 Å². The zero-order valence-electron chi connectivity index (χ0n) is 14.9. The highest BCUT2D eigenvalue weighted by Crippen LogP contribution is 2.21. The molecule has 0 radical (unpaired) electrons. The fraction of sp³-hybridized carbons (Fsp3) is 0.350. The number of nitrogens with one attached hydrogen (secondary N) is 1. The highest BCUT2D eigenvalue weighted by Gasteiger charge is 2.22. The number of nitriles is 1. The van der Waals surface area contributed by atoms with Crippen molar-refractivity contribution in [2.75, 3.05) is 30.0 Å². The van der Waals surface area contributed by atoms with E-state index in [1.54, 1.807) is 47.6 Å². The van der Waals surface area contributed by atoms with Gasteiger partial charge in [-0.2, -0.15) is 5.26 Å². The second kappa shape index (κ2) is 8.45. The fourth-order valence-electron chi connectivity index (χ4n) is 3.04. The number of aromatic nitrogens is 1. The molecule has 3 rings (SSSR count). The van der Waals surface area contributed by atoms with Gasteiger partial charge in [-0.1, -0.05) is 13.0 Å². The number of piperidine rings is 1. The van der Waals surface area contributed by atoms with Gasteiger partial charge in [-0.3, -0.25) is 14.8 Å². The fourth-order valence-corrected chi connectivity index (χ4v) is 3.04. The SMILES string of the molecule is CC1CCN(CN(C(=O)Nc2cccnc2)c2cccc(C#N)c2)CC1. The van der Waals surface area contributed by atoms with Gasteiger partial charge in [-0.05, 0) is 49.1 Å². The molecule has 2 amide bonds. The number of rotatable bonds is 4. The van der Waals surface area contributed by atoms with Crippen LogP contribution in [0.15, 0.2) is 48.8 Å². The molecule has 1 aromatic heterocycles. The van der Waals surface area contributed by atoms with E-state index in [-0.39, 0.29) is 6.03 Å². The van der Waals surface area contributed by atoms with E-state index in [0.29, 0.717) is 23.6 Å². The van der Waals surface area contributed by atoms with Crippen LogP contribution in [0.3, 0.4) is 0 Å². The van der Waals surface area contributed by atoms with Crippen molar-refractivity contribution in [2.45, 2.75) is 19.8 Å². The van der Waals surface area contributed by atoms with Gasteiger partial charge < -0.3 is 5.32 Å². The Kier molecular flexibility index (Phi) is 5.82. The summed E-state index contributed by atoms with van der Waals surface area (Å²) in [6, 6.07) is 12.6. The van der Waals surface area contributed by atoms with Crippen molar-refractivity contribution < 1.29 is 4.79 Å². The Bertz CT molecular complexity index is 778. The number of pyridine rings is 1. The van der Waals surface area contributed by atoms with Gasteiger partial charge in [0.15, 0.2) is 0 Å². The average Bonchev–Trinajstić information content (AvgIpc) is 2.68. The van der Waals surface area contributed by atoms with Gasteiger partial charge in [-0.25, -0.2) is 4.79 Å². The van der Waals surface area contributed by atoms with Gasteiger partial charge in [0.25, 0.3) is 0 Å². The van der Waals surface area contributed by atoms with Crippen molar-refractivity contribution in [2.24, 2.45) is 5.92 Å². The van der Waals surface area contributed by atoms with Crippen LogP contribution in [0.2, 0.25) is 0 Å². The van der Waals surface area contributed by atoms with Crippen molar-refractivity contribution in [1.29, 1.82) is 5.26 Å². The third kappa shape index (κ3) is 4.58. The van der Waals surface area contributed by atoms with Crippen LogP contribution >= 0.6 is 0 Å². The molecule has 134 valence electrons. The first-order valence-corrected chi connectivity index (χ1v) is 8.87. The number of hydrogen-bond donors (Lipinski definition) is 1. The molecule has 0 atom stereocenters. The zero-order chi connectivity index (χ0) is 18.4. The summed E-state index contributed by atoms with van der Waals surface area (Å²) in [6.07, 6.45) is 5.55. The highest BCUT2D eigenvalue weighted by molar-refractivity contribution is 6.01.